The van der Waals surface area contributed by atoms with E-state index in [1.807, 2.05) is 0 Å². The van der Waals surface area contributed by atoms with Crippen LogP contribution >= 0.6 is 0 Å². The van der Waals surface area contributed by atoms with Crippen LogP contribution in [0, 0.1) is 0 Å². The molecule has 1 heterocycles. The summed E-state index contributed by atoms with van der Waals surface area (Å²) in [6, 6.07) is -0.315. The third kappa shape index (κ3) is 7.65. The number of rotatable bonds is 2. The summed E-state index contributed by atoms with van der Waals surface area (Å²) in [5.41, 5.74) is -0.591. The molecule has 0 N–H and O–H groups in total. The van der Waals surface area contributed by atoms with Crippen LogP contribution in [-0.4, -0.2) is 60.6 Å². The zero-order valence-corrected chi connectivity index (χ0v) is 16.0. The molecule has 20 heavy (non-hydrogen) atoms. The summed E-state index contributed by atoms with van der Waals surface area (Å²) in [5.74, 6) is 0. The molecule has 0 aromatic heterocycles. The summed E-state index contributed by atoms with van der Waals surface area (Å²) in [7, 11) is 0. The van der Waals surface area contributed by atoms with Gasteiger partial charge in [-0.25, -0.2) is 4.79 Å². The first-order valence-electron chi connectivity index (χ1n) is 6.41. The molecule has 0 aromatic rings. The zero-order chi connectivity index (χ0) is 14.8. The van der Waals surface area contributed by atoms with Crippen LogP contribution in [0.1, 0.15) is 27.7 Å². The van der Waals surface area contributed by atoms with E-state index in [1.54, 1.807) is 27.7 Å². The first kappa shape index (κ1) is 20.7. The maximum absolute atomic E-state index is 12.4. The fourth-order valence-electron chi connectivity index (χ4n) is 2.02. The smallest absolute Gasteiger partial charge is 0.448 e. The van der Waals surface area contributed by atoms with Crippen LogP contribution in [0.25, 0.3) is 0 Å². The fourth-order valence-corrected chi connectivity index (χ4v) is 2.02. The molecular weight excluding hydrogens is 299 g/mol. The molecule has 1 aliphatic rings. The molecule has 0 aromatic carbocycles. The van der Waals surface area contributed by atoms with Crippen molar-refractivity contribution < 1.29 is 73.9 Å². The third-order valence-electron chi connectivity index (χ3n) is 2.86. The molecule has 0 bridgehead atoms. The van der Waals surface area contributed by atoms with E-state index < -0.39 is 25.1 Å². The standard InChI is InChI=1S/C11H21BF3N2O2.K/c1-9-7-16(10(18)19-11(2,3)4)5-6-17(9)8-12(13,14)15;/h9H,5-8H2,1-4H3;/q-1;+1/t9-;/m0./s1. The number of piperazine rings is 1. The van der Waals surface area contributed by atoms with Crippen molar-refractivity contribution in [3.8, 4) is 0 Å². The van der Waals surface area contributed by atoms with Gasteiger partial charge in [-0.15, -0.1) is 0 Å². The second-order valence-corrected chi connectivity index (χ2v) is 5.98. The molecule has 9 heteroatoms. The Hall–Kier alpha value is 0.721. The van der Waals surface area contributed by atoms with Gasteiger partial charge in [0.15, 0.2) is 0 Å². The predicted molar refractivity (Wildman–Crippen MR) is 67.9 cm³/mol. The van der Waals surface area contributed by atoms with Crippen molar-refractivity contribution in [3.63, 3.8) is 0 Å². The van der Waals surface area contributed by atoms with Gasteiger partial charge in [0.25, 0.3) is 0 Å². The van der Waals surface area contributed by atoms with Crippen LogP contribution in [0.4, 0.5) is 17.7 Å². The van der Waals surface area contributed by atoms with Gasteiger partial charge in [-0.3, -0.25) is 0 Å². The van der Waals surface area contributed by atoms with E-state index in [4.69, 9.17) is 4.74 Å². The Bertz CT molecular complexity index is 337. The van der Waals surface area contributed by atoms with Crippen LogP contribution in [-0.2, 0) is 4.74 Å². The summed E-state index contributed by atoms with van der Waals surface area (Å²) in [6.45, 7) is 2.91. The van der Waals surface area contributed by atoms with Gasteiger partial charge in [0.2, 0.25) is 0 Å². The molecule has 1 atom stereocenters. The monoisotopic (exact) mass is 320 g/mol. The molecule has 0 spiro atoms. The van der Waals surface area contributed by atoms with Crippen LogP contribution < -0.4 is 51.4 Å². The quantitative estimate of drug-likeness (QED) is 0.632. The molecule has 0 saturated carbocycles. The molecule has 4 nitrogen and oxygen atoms in total. The van der Waals surface area contributed by atoms with Crippen LogP contribution in [0.2, 0.25) is 0 Å². The van der Waals surface area contributed by atoms with Crippen molar-refractivity contribution in [2.45, 2.75) is 39.3 Å². The van der Waals surface area contributed by atoms with Crippen molar-refractivity contribution in [3.05, 3.63) is 0 Å². The minimum absolute atomic E-state index is 0. The van der Waals surface area contributed by atoms with Gasteiger partial charge >= 0.3 is 64.5 Å². The van der Waals surface area contributed by atoms with Crippen molar-refractivity contribution in [2.24, 2.45) is 0 Å². The number of amides is 1. The normalized spacial score (nSPS) is 21.4. The van der Waals surface area contributed by atoms with E-state index in [-0.39, 0.29) is 77.1 Å². The van der Waals surface area contributed by atoms with Crippen LogP contribution in [0.5, 0.6) is 0 Å². The molecule has 1 rings (SSSR count). The molecule has 0 unspecified atom stereocenters. The Kier molecular flexibility index (Phi) is 8.11. The number of hydrogen-bond acceptors (Lipinski definition) is 3. The molecule has 112 valence electrons. The van der Waals surface area contributed by atoms with Gasteiger partial charge in [0.05, 0.1) is 0 Å². The first-order valence-corrected chi connectivity index (χ1v) is 6.41. The molecular formula is C11H21BF3KN2O2. The Balaban J connectivity index is 0.00000361. The number of nitrogens with zero attached hydrogens (tertiary/aromatic N) is 2. The van der Waals surface area contributed by atoms with E-state index in [2.05, 4.69) is 0 Å². The second kappa shape index (κ2) is 7.82. The Morgan fingerprint density at radius 1 is 1.30 bits per heavy atom. The van der Waals surface area contributed by atoms with Gasteiger partial charge in [-0.2, -0.15) is 0 Å². The largest absolute Gasteiger partial charge is 1.00 e. The van der Waals surface area contributed by atoms with E-state index in [1.165, 1.54) is 9.80 Å². The van der Waals surface area contributed by atoms with Gasteiger partial charge in [0, 0.05) is 25.7 Å². The Labute approximate surface area is 160 Å². The van der Waals surface area contributed by atoms with E-state index in [0.29, 0.717) is 0 Å². The molecule has 1 fully saturated rings. The van der Waals surface area contributed by atoms with E-state index in [0.717, 1.165) is 0 Å². The Morgan fingerprint density at radius 2 is 1.85 bits per heavy atom. The first-order chi connectivity index (χ1) is 8.48. The van der Waals surface area contributed by atoms with Crippen LogP contribution in [0.3, 0.4) is 0 Å². The van der Waals surface area contributed by atoms with E-state index >= 15 is 0 Å². The summed E-state index contributed by atoms with van der Waals surface area (Å²) in [5, 5.41) is 0. The van der Waals surface area contributed by atoms with E-state index in [9.17, 15) is 17.7 Å². The number of carbonyl (C=O) groups excluding carboxylic acids is 1. The minimum Gasteiger partial charge on any atom is -0.448 e. The molecule has 1 aliphatic heterocycles. The molecule has 1 amide bonds. The summed E-state index contributed by atoms with van der Waals surface area (Å²) < 4.78 is 42.4. The average Bonchev–Trinajstić information content (AvgIpc) is 2.16. The number of hydrogen-bond donors (Lipinski definition) is 0. The predicted octanol–water partition coefficient (Wildman–Crippen LogP) is -0.682. The molecule has 0 aliphatic carbocycles. The number of ether oxygens (including phenoxy) is 1. The summed E-state index contributed by atoms with van der Waals surface area (Å²) in [6.07, 6.45) is -1.33. The second-order valence-electron chi connectivity index (χ2n) is 5.98. The van der Waals surface area contributed by atoms with Crippen molar-refractivity contribution in [1.82, 2.24) is 9.80 Å². The summed E-state index contributed by atoms with van der Waals surface area (Å²) in [4.78, 5) is 14.6. The Morgan fingerprint density at radius 3 is 2.25 bits per heavy atom. The van der Waals surface area contributed by atoms with Gasteiger partial charge in [-0.05, 0) is 34.1 Å². The fraction of sp³-hybridized carbons (Fsp3) is 0.909. The maximum atomic E-state index is 12.4. The van der Waals surface area contributed by atoms with Crippen molar-refractivity contribution in [1.29, 1.82) is 0 Å². The zero-order valence-electron chi connectivity index (χ0n) is 12.8. The average molecular weight is 320 g/mol. The van der Waals surface area contributed by atoms with Gasteiger partial charge in [-0.1, -0.05) is 0 Å². The SMILES string of the molecule is C[C@H]1CN(C(=O)OC(C)(C)C)CCN1C[B-](F)(F)F.[K+]. The van der Waals surface area contributed by atoms with Crippen molar-refractivity contribution in [2.75, 3.05) is 26.1 Å². The van der Waals surface area contributed by atoms with Crippen molar-refractivity contribution >= 4 is 13.1 Å². The minimum atomic E-state index is -4.83. The topological polar surface area (TPSA) is 32.8 Å². The third-order valence-corrected chi connectivity index (χ3v) is 2.86. The molecule has 1 saturated heterocycles. The summed E-state index contributed by atoms with van der Waals surface area (Å²) >= 11 is 0. The van der Waals surface area contributed by atoms with Gasteiger partial charge in [0.1, 0.15) is 5.60 Å². The molecule has 0 radical (unpaired) electrons. The van der Waals surface area contributed by atoms with Gasteiger partial charge < -0.3 is 27.5 Å². The number of halogens is 3. The van der Waals surface area contributed by atoms with Crippen LogP contribution in [0.15, 0.2) is 0 Å². The number of carbonyl (C=O) groups is 1. The maximum Gasteiger partial charge on any atom is 1.00 e.